The Morgan fingerprint density at radius 1 is 0.880 bits per heavy atom. The maximum atomic E-state index is 12.4. The first-order valence-corrected chi connectivity index (χ1v) is 7.85. The Labute approximate surface area is 148 Å². The number of nitrogens with one attached hydrogen (secondary N) is 2. The van der Waals surface area contributed by atoms with E-state index in [1.54, 1.807) is 39.5 Å². The van der Waals surface area contributed by atoms with Gasteiger partial charge in [0.05, 0.1) is 26.9 Å². The first-order chi connectivity index (χ1) is 11.9. The van der Waals surface area contributed by atoms with Crippen LogP contribution in [0.15, 0.2) is 42.5 Å². The number of methoxy groups -OCH3 is 3. The van der Waals surface area contributed by atoms with Gasteiger partial charge in [0.1, 0.15) is 5.75 Å². The summed E-state index contributed by atoms with van der Waals surface area (Å²) in [4.78, 5) is 12.4. The van der Waals surface area contributed by atoms with Gasteiger partial charge in [0.15, 0.2) is 11.5 Å². The normalized spacial score (nSPS) is 10.8. The quantitative estimate of drug-likeness (QED) is 0.837. The maximum absolute atomic E-state index is 12.4. The number of hydrogen-bond donors (Lipinski definition) is 2. The molecule has 0 saturated heterocycles. The summed E-state index contributed by atoms with van der Waals surface area (Å²) in [6, 6.07) is 12.5. The van der Waals surface area contributed by atoms with E-state index in [9.17, 15) is 4.79 Å². The van der Waals surface area contributed by atoms with Crippen molar-refractivity contribution in [1.82, 2.24) is 5.32 Å². The number of rotatable bonds is 6. The van der Waals surface area contributed by atoms with Crippen LogP contribution in [0.3, 0.4) is 0 Å². The fourth-order valence-electron chi connectivity index (χ4n) is 2.44. The van der Waals surface area contributed by atoms with Crippen LogP contribution in [0.1, 0.15) is 19.4 Å². The van der Waals surface area contributed by atoms with Crippen LogP contribution >= 0.6 is 0 Å². The molecule has 0 fully saturated rings. The minimum absolute atomic E-state index is 0.312. The number of amides is 2. The van der Waals surface area contributed by atoms with Gasteiger partial charge in [-0.15, -0.1) is 0 Å². The van der Waals surface area contributed by atoms with Crippen molar-refractivity contribution in [3.8, 4) is 17.2 Å². The first-order valence-electron chi connectivity index (χ1n) is 7.85. The van der Waals surface area contributed by atoms with E-state index in [0.717, 1.165) is 11.3 Å². The second-order valence-electron chi connectivity index (χ2n) is 6.00. The lowest BCUT2D eigenvalue weighted by Crippen LogP contribution is -2.43. The molecular weight excluding hydrogens is 320 g/mol. The molecule has 2 aromatic carbocycles. The Hall–Kier alpha value is -2.89. The lowest BCUT2D eigenvalue weighted by atomic mass is 9.94. The molecule has 2 rings (SSSR count). The molecule has 0 radical (unpaired) electrons. The molecule has 0 unspecified atom stereocenters. The van der Waals surface area contributed by atoms with Gasteiger partial charge in [-0.3, -0.25) is 0 Å². The summed E-state index contributed by atoms with van der Waals surface area (Å²) in [5, 5.41) is 5.77. The fourth-order valence-corrected chi connectivity index (χ4v) is 2.44. The lowest BCUT2D eigenvalue weighted by molar-refractivity contribution is 0.242. The van der Waals surface area contributed by atoms with Crippen LogP contribution in [0.5, 0.6) is 17.2 Å². The highest BCUT2D eigenvalue weighted by molar-refractivity contribution is 5.90. The minimum Gasteiger partial charge on any atom is -0.497 e. The highest BCUT2D eigenvalue weighted by Crippen LogP contribution is 2.30. The van der Waals surface area contributed by atoms with Gasteiger partial charge < -0.3 is 24.8 Å². The number of urea groups is 1. The molecule has 0 heterocycles. The number of hydrogen-bond acceptors (Lipinski definition) is 4. The maximum Gasteiger partial charge on any atom is 0.319 e. The van der Waals surface area contributed by atoms with Crippen LogP contribution in [-0.2, 0) is 5.54 Å². The van der Waals surface area contributed by atoms with Crippen LogP contribution in [0.4, 0.5) is 10.5 Å². The second kappa shape index (κ2) is 7.79. The second-order valence-corrected chi connectivity index (χ2v) is 6.00. The highest BCUT2D eigenvalue weighted by atomic mass is 16.5. The average molecular weight is 344 g/mol. The lowest BCUT2D eigenvalue weighted by Gasteiger charge is -2.27. The molecule has 134 valence electrons. The summed E-state index contributed by atoms with van der Waals surface area (Å²) in [6.45, 7) is 3.87. The van der Waals surface area contributed by atoms with Crippen molar-refractivity contribution in [2.24, 2.45) is 0 Å². The van der Waals surface area contributed by atoms with Crippen molar-refractivity contribution < 1.29 is 19.0 Å². The highest BCUT2D eigenvalue weighted by Gasteiger charge is 2.23. The molecule has 0 atom stereocenters. The van der Waals surface area contributed by atoms with Crippen molar-refractivity contribution in [1.29, 1.82) is 0 Å². The Balaban J connectivity index is 2.07. The molecule has 25 heavy (non-hydrogen) atoms. The van der Waals surface area contributed by atoms with E-state index in [2.05, 4.69) is 10.6 Å². The van der Waals surface area contributed by atoms with E-state index in [-0.39, 0.29) is 6.03 Å². The van der Waals surface area contributed by atoms with Gasteiger partial charge in [-0.05, 0) is 43.7 Å². The monoisotopic (exact) mass is 344 g/mol. The molecule has 6 nitrogen and oxygen atoms in total. The molecule has 2 amide bonds. The van der Waals surface area contributed by atoms with Gasteiger partial charge in [0, 0.05) is 11.8 Å². The molecule has 6 heteroatoms. The summed E-state index contributed by atoms with van der Waals surface area (Å²) in [6.07, 6.45) is 0. The zero-order valence-corrected chi connectivity index (χ0v) is 15.2. The third-order valence-corrected chi connectivity index (χ3v) is 3.88. The summed E-state index contributed by atoms with van der Waals surface area (Å²) in [7, 11) is 4.73. The van der Waals surface area contributed by atoms with Gasteiger partial charge in [0.25, 0.3) is 0 Å². The predicted octanol–water partition coefficient (Wildman–Crippen LogP) is 3.77. The van der Waals surface area contributed by atoms with Crippen molar-refractivity contribution in [2.75, 3.05) is 26.6 Å². The largest absolute Gasteiger partial charge is 0.497 e. The van der Waals surface area contributed by atoms with Gasteiger partial charge in [-0.25, -0.2) is 4.79 Å². The zero-order valence-electron chi connectivity index (χ0n) is 15.2. The van der Waals surface area contributed by atoms with Crippen LogP contribution in [0.2, 0.25) is 0 Å². The molecule has 2 N–H and O–H groups in total. The third-order valence-electron chi connectivity index (χ3n) is 3.88. The van der Waals surface area contributed by atoms with E-state index in [0.29, 0.717) is 17.2 Å². The van der Waals surface area contributed by atoms with Crippen LogP contribution in [0.25, 0.3) is 0 Å². The Kier molecular flexibility index (Phi) is 5.75. The third kappa shape index (κ3) is 4.56. The molecular formula is C19H24N2O4. The molecule has 0 aliphatic carbocycles. The van der Waals surface area contributed by atoms with Gasteiger partial charge in [-0.2, -0.15) is 0 Å². The standard InChI is InChI=1S/C19H24N2O4/c1-19(2,13-6-9-15(23-3)10-7-13)21-18(22)20-14-8-11-16(24-4)17(12-14)25-5/h6-12H,1-5H3,(H2,20,21,22). The smallest absolute Gasteiger partial charge is 0.319 e. The number of carbonyl (C=O) groups excluding carboxylic acids is 1. The summed E-state index contributed by atoms with van der Waals surface area (Å²) in [5.41, 5.74) is 1.03. The van der Waals surface area contributed by atoms with Crippen molar-refractivity contribution in [3.63, 3.8) is 0 Å². The van der Waals surface area contributed by atoms with Crippen LogP contribution in [-0.4, -0.2) is 27.4 Å². The van der Waals surface area contributed by atoms with E-state index in [1.807, 2.05) is 38.1 Å². The molecule has 0 aliphatic rings. The van der Waals surface area contributed by atoms with Gasteiger partial charge in [-0.1, -0.05) is 12.1 Å². The molecule has 0 aliphatic heterocycles. The van der Waals surface area contributed by atoms with E-state index in [1.165, 1.54) is 0 Å². The first kappa shape index (κ1) is 18.4. The molecule has 0 bridgehead atoms. The average Bonchev–Trinajstić information content (AvgIpc) is 2.61. The summed E-state index contributed by atoms with van der Waals surface area (Å²) < 4.78 is 15.6. The predicted molar refractivity (Wildman–Crippen MR) is 97.7 cm³/mol. The van der Waals surface area contributed by atoms with Crippen LogP contribution in [0, 0.1) is 0 Å². The molecule has 0 spiro atoms. The SMILES string of the molecule is COc1ccc(C(C)(C)NC(=O)Nc2ccc(OC)c(OC)c2)cc1. The summed E-state index contributed by atoms with van der Waals surface area (Å²) >= 11 is 0. The van der Waals surface area contributed by atoms with E-state index < -0.39 is 5.54 Å². The molecule has 0 aromatic heterocycles. The van der Waals surface area contributed by atoms with Crippen molar-refractivity contribution >= 4 is 11.7 Å². The molecule has 2 aromatic rings. The number of ether oxygens (including phenoxy) is 3. The van der Waals surface area contributed by atoms with E-state index in [4.69, 9.17) is 14.2 Å². The Morgan fingerprint density at radius 2 is 1.52 bits per heavy atom. The molecule has 0 saturated carbocycles. The van der Waals surface area contributed by atoms with Gasteiger partial charge >= 0.3 is 6.03 Å². The number of anilines is 1. The van der Waals surface area contributed by atoms with E-state index >= 15 is 0 Å². The Bertz CT molecular complexity index is 727. The van der Waals surface area contributed by atoms with Gasteiger partial charge in [0.2, 0.25) is 0 Å². The Morgan fingerprint density at radius 3 is 2.08 bits per heavy atom. The fraction of sp³-hybridized carbons (Fsp3) is 0.316. The van der Waals surface area contributed by atoms with Crippen LogP contribution < -0.4 is 24.8 Å². The number of carbonyl (C=O) groups is 1. The topological polar surface area (TPSA) is 68.8 Å². The number of benzene rings is 2. The summed E-state index contributed by atoms with van der Waals surface area (Å²) in [5.74, 6) is 1.93. The zero-order chi connectivity index (χ0) is 18.4. The van der Waals surface area contributed by atoms with Crippen molar-refractivity contribution in [2.45, 2.75) is 19.4 Å². The minimum atomic E-state index is -0.549. The van der Waals surface area contributed by atoms with Crippen molar-refractivity contribution in [3.05, 3.63) is 48.0 Å².